The number of aliphatic carboxylic acids is 1. The molecule has 0 aromatic carbocycles. The fourth-order valence-corrected chi connectivity index (χ4v) is 3.10. The molecule has 0 unspecified atom stereocenters. The Labute approximate surface area is 111 Å². The van der Waals surface area contributed by atoms with Crippen molar-refractivity contribution in [2.75, 3.05) is 5.32 Å². The van der Waals surface area contributed by atoms with Gasteiger partial charge in [-0.2, -0.15) is 0 Å². The number of nitrogens with one attached hydrogen (secondary N) is 1. The molecule has 0 radical (unpaired) electrons. The maximum absolute atomic E-state index is 12.0. The van der Waals surface area contributed by atoms with Crippen molar-refractivity contribution in [2.45, 2.75) is 19.3 Å². The smallest absolute Gasteiger partial charge is 0.309 e. The Balaban J connectivity index is 1.65. The van der Waals surface area contributed by atoms with Crippen LogP contribution in [-0.2, 0) is 9.59 Å². The molecule has 4 rings (SSSR count). The molecule has 3 aliphatic carbocycles. The van der Waals surface area contributed by atoms with E-state index < -0.39 is 16.8 Å². The molecular weight excluding hydrogens is 302 g/mol. The van der Waals surface area contributed by atoms with E-state index in [4.69, 9.17) is 5.11 Å². The Morgan fingerprint density at radius 2 is 1.89 bits per heavy atom. The van der Waals surface area contributed by atoms with Crippen LogP contribution in [0.1, 0.15) is 19.3 Å². The van der Waals surface area contributed by atoms with E-state index in [0.717, 1.165) is 0 Å². The third kappa shape index (κ3) is 1.46. The van der Waals surface area contributed by atoms with Crippen molar-refractivity contribution in [3.8, 4) is 0 Å². The fourth-order valence-electron chi connectivity index (χ4n) is 2.89. The first-order valence-electron chi connectivity index (χ1n) is 5.50. The van der Waals surface area contributed by atoms with E-state index in [1.807, 2.05) is 0 Å². The fraction of sp³-hybridized carbons (Fsp3) is 0.455. The van der Waals surface area contributed by atoms with Gasteiger partial charge in [-0.25, -0.2) is 0 Å². The average molecular weight is 312 g/mol. The second-order valence-corrected chi connectivity index (χ2v) is 5.90. The minimum absolute atomic E-state index is 0.151. The SMILES string of the molecule is O=C(O)C12CC(C(=O)Nc3ccc(Br)nn3)(C1)C2. The second-order valence-electron chi connectivity index (χ2n) is 5.09. The average Bonchev–Trinajstić information content (AvgIpc) is 2.16. The van der Waals surface area contributed by atoms with Crippen LogP contribution in [0.5, 0.6) is 0 Å². The number of rotatable bonds is 3. The summed E-state index contributed by atoms with van der Waals surface area (Å²) in [5, 5.41) is 19.3. The predicted molar refractivity (Wildman–Crippen MR) is 64.7 cm³/mol. The monoisotopic (exact) mass is 311 g/mol. The van der Waals surface area contributed by atoms with Gasteiger partial charge >= 0.3 is 5.97 Å². The highest BCUT2D eigenvalue weighted by atomic mass is 79.9. The van der Waals surface area contributed by atoms with Crippen molar-refractivity contribution in [1.82, 2.24) is 10.2 Å². The maximum Gasteiger partial charge on any atom is 0.309 e. The Hall–Kier alpha value is -1.50. The van der Waals surface area contributed by atoms with Gasteiger partial charge in [0, 0.05) is 0 Å². The molecule has 6 nitrogen and oxygen atoms in total. The van der Waals surface area contributed by atoms with Gasteiger partial charge in [-0.1, -0.05) is 0 Å². The van der Waals surface area contributed by atoms with Gasteiger partial charge in [0.25, 0.3) is 0 Å². The van der Waals surface area contributed by atoms with Crippen molar-refractivity contribution in [1.29, 1.82) is 0 Å². The summed E-state index contributed by atoms with van der Waals surface area (Å²) >= 11 is 3.16. The lowest BCUT2D eigenvalue weighted by Gasteiger charge is -2.66. The molecule has 0 atom stereocenters. The predicted octanol–water partition coefficient (Wildman–Crippen LogP) is 1.43. The van der Waals surface area contributed by atoms with Gasteiger partial charge in [-0.3, -0.25) is 9.59 Å². The minimum atomic E-state index is -0.791. The summed E-state index contributed by atoms with van der Waals surface area (Å²) in [5.41, 5.74) is -1.13. The normalized spacial score (nSPS) is 32.1. The number of carbonyl (C=O) groups excluding carboxylic acids is 1. The molecule has 1 heterocycles. The van der Waals surface area contributed by atoms with Crippen LogP contribution in [0.15, 0.2) is 16.7 Å². The third-order valence-corrected chi connectivity index (χ3v) is 4.26. The Bertz CT molecular complexity index is 523. The van der Waals surface area contributed by atoms with E-state index in [2.05, 4.69) is 31.4 Å². The highest BCUT2D eigenvalue weighted by Crippen LogP contribution is 2.73. The third-order valence-electron chi connectivity index (χ3n) is 3.84. The maximum atomic E-state index is 12.0. The molecule has 94 valence electrons. The molecule has 3 aliphatic rings. The molecule has 1 aromatic rings. The molecule has 2 N–H and O–H groups in total. The molecule has 1 amide bonds. The van der Waals surface area contributed by atoms with Crippen molar-refractivity contribution in [3.05, 3.63) is 16.7 Å². The Morgan fingerprint density at radius 3 is 2.39 bits per heavy atom. The van der Waals surface area contributed by atoms with E-state index in [0.29, 0.717) is 29.7 Å². The van der Waals surface area contributed by atoms with Crippen LogP contribution in [0.4, 0.5) is 5.82 Å². The number of halogens is 1. The zero-order valence-corrected chi connectivity index (χ0v) is 10.9. The number of hydrogen-bond donors (Lipinski definition) is 2. The molecule has 3 fully saturated rings. The van der Waals surface area contributed by atoms with Gasteiger partial charge in [0.1, 0.15) is 4.60 Å². The molecular formula is C11H10BrN3O3. The largest absolute Gasteiger partial charge is 0.481 e. The first kappa shape index (κ1) is 11.6. The first-order chi connectivity index (χ1) is 8.46. The molecule has 0 aliphatic heterocycles. The number of amides is 1. The van der Waals surface area contributed by atoms with Crippen LogP contribution >= 0.6 is 15.9 Å². The molecule has 0 spiro atoms. The summed E-state index contributed by atoms with van der Waals surface area (Å²) in [6.07, 6.45) is 1.31. The molecule has 7 heteroatoms. The van der Waals surface area contributed by atoms with Gasteiger partial charge in [0.05, 0.1) is 10.8 Å². The van der Waals surface area contributed by atoms with Crippen LogP contribution in [0, 0.1) is 10.8 Å². The lowest BCUT2D eigenvalue weighted by Crippen LogP contribution is -2.69. The minimum Gasteiger partial charge on any atom is -0.481 e. The van der Waals surface area contributed by atoms with E-state index in [-0.39, 0.29) is 5.91 Å². The van der Waals surface area contributed by atoms with Gasteiger partial charge in [-0.15, -0.1) is 10.2 Å². The summed E-state index contributed by atoms with van der Waals surface area (Å²) in [5.74, 6) is -0.555. The quantitative estimate of drug-likeness (QED) is 0.881. The number of aromatic nitrogens is 2. The summed E-state index contributed by atoms with van der Waals surface area (Å²) in [6.45, 7) is 0. The van der Waals surface area contributed by atoms with Crippen molar-refractivity contribution in [3.63, 3.8) is 0 Å². The van der Waals surface area contributed by atoms with Crippen LogP contribution in [0.3, 0.4) is 0 Å². The van der Waals surface area contributed by atoms with E-state index in [1.165, 1.54) is 0 Å². The van der Waals surface area contributed by atoms with Gasteiger partial charge in [0.2, 0.25) is 5.91 Å². The zero-order valence-electron chi connectivity index (χ0n) is 9.31. The summed E-state index contributed by atoms with van der Waals surface area (Å²) in [7, 11) is 0. The lowest BCUT2D eigenvalue weighted by atomic mass is 9.35. The summed E-state index contributed by atoms with van der Waals surface area (Å²) in [4.78, 5) is 23.0. The number of hydrogen-bond acceptors (Lipinski definition) is 4. The number of nitrogens with zero attached hydrogens (tertiary/aromatic N) is 2. The first-order valence-corrected chi connectivity index (χ1v) is 6.29. The van der Waals surface area contributed by atoms with Crippen LogP contribution in [-0.4, -0.2) is 27.2 Å². The van der Waals surface area contributed by atoms with Gasteiger partial charge in [0.15, 0.2) is 5.82 Å². The topological polar surface area (TPSA) is 92.2 Å². The molecule has 1 aromatic heterocycles. The highest BCUT2D eigenvalue weighted by Gasteiger charge is 2.75. The van der Waals surface area contributed by atoms with Gasteiger partial charge < -0.3 is 10.4 Å². The lowest BCUT2D eigenvalue weighted by molar-refractivity contribution is -0.217. The van der Waals surface area contributed by atoms with E-state index in [9.17, 15) is 9.59 Å². The molecule has 0 saturated heterocycles. The van der Waals surface area contributed by atoms with Gasteiger partial charge in [-0.05, 0) is 47.3 Å². The van der Waals surface area contributed by atoms with Crippen LogP contribution in [0.2, 0.25) is 0 Å². The number of anilines is 1. The van der Waals surface area contributed by atoms with Crippen LogP contribution in [0.25, 0.3) is 0 Å². The Kier molecular flexibility index (Phi) is 2.25. The second kappa shape index (κ2) is 3.50. The van der Waals surface area contributed by atoms with Crippen molar-refractivity contribution in [2.24, 2.45) is 10.8 Å². The Morgan fingerprint density at radius 1 is 1.22 bits per heavy atom. The molecule has 2 bridgehead atoms. The standard InChI is InChI=1S/C11H10BrN3O3/c12-6-1-2-7(15-14-6)13-8(16)10-3-11(4-10,5-10)9(17)18/h1-2H,3-5H2,(H,17,18)(H,13,15,16). The van der Waals surface area contributed by atoms with Crippen molar-refractivity contribution >= 4 is 33.6 Å². The highest BCUT2D eigenvalue weighted by molar-refractivity contribution is 9.10. The summed E-state index contributed by atoms with van der Waals surface area (Å²) in [6, 6.07) is 3.33. The zero-order chi connectivity index (χ0) is 13.0. The van der Waals surface area contributed by atoms with E-state index >= 15 is 0 Å². The van der Waals surface area contributed by atoms with Crippen LogP contribution < -0.4 is 5.32 Å². The number of carboxylic acid groups (broad SMARTS) is 1. The number of carbonyl (C=O) groups is 2. The molecule has 18 heavy (non-hydrogen) atoms. The number of carboxylic acids is 1. The summed E-state index contributed by atoms with van der Waals surface area (Å²) < 4.78 is 0.593. The van der Waals surface area contributed by atoms with E-state index in [1.54, 1.807) is 12.1 Å². The molecule has 3 saturated carbocycles. The van der Waals surface area contributed by atoms with Crippen molar-refractivity contribution < 1.29 is 14.7 Å².